The van der Waals surface area contributed by atoms with Crippen molar-refractivity contribution in [2.45, 2.75) is 12.8 Å². The van der Waals surface area contributed by atoms with Crippen LogP contribution < -0.4 is 14.5 Å². The van der Waals surface area contributed by atoms with Crippen molar-refractivity contribution in [2.24, 2.45) is 5.92 Å². The van der Waals surface area contributed by atoms with E-state index in [0.29, 0.717) is 102 Å². The van der Waals surface area contributed by atoms with Crippen LogP contribution in [0.15, 0.2) is 36.4 Å². The number of carbonyl (C=O) groups excluding carboxylic acids is 1. The Morgan fingerprint density at radius 1 is 1.12 bits per heavy atom. The second-order valence-corrected chi connectivity index (χ2v) is 11.9. The van der Waals surface area contributed by atoms with Crippen LogP contribution in [-0.2, 0) is 16.0 Å². The zero-order chi connectivity index (χ0) is 29.7. The number of pyridine rings is 1. The zero-order valence-electron chi connectivity index (χ0n) is 23.5. The van der Waals surface area contributed by atoms with Gasteiger partial charge < -0.3 is 24.2 Å². The zero-order valence-corrected chi connectivity index (χ0v) is 24.3. The number of anilines is 3. The number of nitrogens with zero attached hydrogens (tertiary/aromatic N) is 6. The number of amides is 1. The Labute approximate surface area is 250 Å². The molecular formula is C31H28F2N6O3S. The molecule has 7 rings (SSSR count). The molecule has 3 aliphatic heterocycles. The van der Waals surface area contributed by atoms with Crippen molar-refractivity contribution < 1.29 is 23.0 Å². The lowest BCUT2D eigenvalue weighted by Gasteiger charge is -2.37. The number of piperazine rings is 1. The van der Waals surface area contributed by atoms with Crippen LogP contribution in [0, 0.1) is 28.9 Å². The molecule has 4 aromatic rings. The van der Waals surface area contributed by atoms with Gasteiger partial charge >= 0.3 is 0 Å². The molecule has 5 heterocycles. The van der Waals surface area contributed by atoms with Gasteiger partial charge in [0.2, 0.25) is 5.91 Å². The Hall–Kier alpha value is -4.34. The maximum Gasteiger partial charge on any atom is 0.228 e. The Bertz CT molecular complexity index is 1760. The molecule has 2 aromatic carbocycles. The molecule has 0 N–H and O–H groups in total. The molecule has 0 radical (unpaired) electrons. The topological polar surface area (TPSA) is 94.8 Å². The van der Waals surface area contributed by atoms with Crippen molar-refractivity contribution >= 4 is 44.7 Å². The van der Waals surface area contributed by atoms with Crippen LogP contribution in [0.5, 0.6) is 5.75 Å². The minimum absolute atomic E-state index is 0.0769. The van der Waals surface area contributed by atoms with E-state index in [0.717, 1.165) is 6.42 Å². The largest absolute Gasteiger partial charge is 0.489 e. The summed E-state index contributed by atoms with van der Waals surface area (Å²) in [5.74, 6) is -0.199. The molecule has 3 aliphatic rings. The Morgan fingerprint density at radius 2 is 1.91 bits per heavy atom. The van der Waals surface area contributed by atoms with Crippen LogP contribution in [0.3, 0.4) is 0 Å². The van der Waals surface area contributed by atoms with Gasteiger partial charge in [-0.25, -0.2) is 18.7 Å². The van der Waals surface area contributed by atoms with Crippen LogP contribution in [-0.4, -0.2) is 73.8 Å². The van der Waals surface area contributed by atoms with Crippen molar-refractivity contribution in [3.05, 3.63) is 58.6 Å². The summed E-state index contributed by atoms with van der Waals surface area (Å²) >= 11 is 1.20. The fourth-order valence-electron chi connectivity index (χ4n) is 6.01. The van der Waals surface area contributed by atoms with E-state index in [1.54, 1.807) is 12.1 Å². The first-order valence-corrected chi connectivity index (χ1v) is 15.0. The third-order valence-electron chi connectivity index (χ3n) is 8.31. The number of thiazole rings is 1. The second kappa shape index (κ2) is 11.1. The number of halogens is 2. The number of hydrogen-bond donors (Lipinski definition) is 0. The normalized spacial score (nSPS) is 18.0. The summed E-state index contributed by atoms with van der Waals surface area (Å²) in [7, 11) is 1.81. The number of nitriles is 1. The number of hydrogen-bond acceptors (Lipinski definition) is 9. The van der Waals surface area contributed by atoms with E-state index >= 15 is 4.39 Å². The number of fused-ring (bicyclic) bond motifs is 2. The third kappa shape index (κ3) is 4.92. The number of benzene rings is 2. The van der Waals surface area contributed by atoms with E-state index in [2.05, 4.69) is 16.0 Å². The number of rotatable bonds is 5. The molecule has 220 valence electrons. The molecule has 2 saturated heterocycles. The van der Waals surface area contributed by atoms with Crippen LogP contribution in [0.25, 0.3) is 22.2 Å². The van der Waals surface area contributed by atoms with Crippen LogP contribution in [0.1, 0.15) is 17.0 Å². The van der Waals surface area contributed by atoms with Crippen LogP contribution in [0.2, 0.25) is 0 Å². The average molecular weight is 603 g/mol. The van der Waals surface area contributed by atoms with Gasteiger partial charge in [0.25, 0.3) is 0 Å². The SMILES string of the molecule is CN(c1nc(-c2ccc(F)cc2)c(C#N)s1)c1c2c(nc3c(F)cc(N4CCN(C(=O)[C@H]5CCOC5)CC4)cc13)CCO2. The third-order valence-corrected chi connectivity index (χ3v) is 9.34. The summed E-state index contributed by atoms with van der Waals surface area (Å²) in [5.41, 5.74) is 3.30. The summed E-state index contributed by atoms with van der Waals surface area (Å²) in [4.78, 5) is 28.4. The van der Waals surface area contributed by atoms with Gasteiger partial charge in [-0.15, -0.1) is 0 Å². The summed E-state index contributed by atoms with van der Waals surface area (Å²) < 4.78 is 40.8. The smallest absolute Gasteiger partial charge is 0.228 e. The second-order valence-electron chi connectivity index (χ2n) is 10.9. The van der Waals surface area contributed by atoms with E-state index in [1.165, 1.54) is 29.5 Å². The minimum Gasteiger partial charge on any atom is -0.489 e. The highest BCUT2D eigenvalue weighted by Crippen LogP contribution is 2.46. The molecule has 0 saturated carbocycles. The van der Waals surface area contributed by atoms with Gasteiger partial charge in [0, 0.05) is 62.9 Å². The first kappa shape index (κ1) is 27.5. The molecule has 0 aliphatic carbocycles. The summed E-state index contributed by atoms with van der Waals surface area (Å²) in [5, 5.41) is 10.9. The molecule has 0 spiro atoms. The van der Waals surface area contributed by atoms with Crippen molar-refractivity contribution in [1.82, 2.24) is 14.9 Å². The first-order chi connectivity index (χ1) is 20.9. The van der Waals surface area contributed by atoms with Gasteiger partial charge in [-0.3, -0.25) is 4.79 Å². The van der Waals surface area contributed by atoms with Gasteiger partial charge in [0.1, 0.15) is 28.0 Å². The van der Waals surface area contributed by atoms with E-state index in [9.17, 15) is 14.4 Å². The fraction of sp³-hybridized carbons (Fsp3) is 0.355. The van der Waals surface area contributed by atoms with E-state index in [1.807, 2.05) is 22.9 Å². The molecule has 12 heteroatoms. The van der Waals surface area contributed by atoms with Gasteiger partial charge in [-0.2, -0.15) is 5.26 Å². The maximum atomic E-state index is 15.8. The molecule has 1 amide bonds. The Balaban J connectivity index is 1.25. The number of carbonyl (C=O) groups is 1. The van der Waals surface area contributed by atoms with Crippen molar-refractivity contribution in [3.63, 3.8) is 0 Å². The standard InChI is InChI=1S/C31H28F2N6O3S/c1-37(31-36-26(25(16-34)43-31)18-2-4-20(32)5-3-18)28-22-14-21(15-23(33)27(22)35-24-7-13-42-29(24)28)38-8-10-39(11-9-38)30(40)19-6-12-41-17-19/h2-5,14-15,19H,6-13,17H2,1H3/t19-/m0/s1. The van der Waals surface area contributed by atoms with E-state index in [-0.39, 0.29) is 23.2 Å². The van der Waals surface area contributed by atoms with Gasteiger partial charge in [0.05, 0.1) is 30.5 Å². The van der Waals surface area contributed by atoms with E-state index < -0.39 is 5.82 Å². The highest BCUT2D eigenvalue weighted by Gasteiger charge is 2.32. The average Bonchev–Trinajstić information content (AvgIpc) is 3.81. The summed E-state index contributed by atoms with van der Waals surface area (Å²) in [6.45, 7) is 3.78. The quantitative estimate of drug-likeness (QED) is 0.319. The monoisotopic (exact) mass is 602 g/mol. The predicted octanol–water partition coefficient (Wildman–Crippen LogP) is 4.90. The lowest BCUT2D eigenvalue weighted by molar-refractivity contribution is -0.135. The molecule has 2 aromatic heterocycles. The van der Waals surface area contributed by atoms with Gasteiger partial charge in [0.15, 0.2) is 16.7 Å². The number of aromatic nitrogens is 2. The fourth-order valence-corrected chi connectivity index (χ4v) is 6.86. The molecule has 43 heavy (non-hydrogen) atoms. The molecule has 1 atom stereocenters. The van der Waals surface area contributed by atoms with Crippen molar-refractivity contribution in [3.8, 4) is 23.1 Å². The predicted molar refractivity (Wildman–Crippen MR) is 159 cm³/mol. The van der Waals surface area contributed by atoms with Crippen LogP contribution >= 0.6 is 11.3 Å². The molecule has 9 nitrogen and oxygen atoms in total. The number of ether oxygens (including phenoxy) is 2. The first-order valence-electron chi connectivity index (χ1n) is 14.2. The lowest BCUT2D eigenvalue weighted by atomic mass is 10.1. The van der Waals surface area contributed by atoms with Gasteiger partial charge in [-0.1, -0.05) is 11.3 Å². The Morgan fingerprint density at radius 3 is 2.63 bits per heavy atom. The highest BCUT2D eigenvalue weighted by molar-refractivity contribution is 7.16. The van der Waals surface area contributed by atoms with Crippen LogP contribution in [0.4, 0.5) is 25.3 Å². The van der Waals surface area contributed by atoms with Crippen molar-refractivity contribution in [2.75, 3.05) is 62.8 Å². The molecular weight excluding hydrogens is 574 g/mol. The lowest BCUT2D eigenvalue weighted by Crippen LogP contribution is -2.50. The molecule has 0 unspecified atom stereocenters. The minimum atomic E-state index is -0.442. The highest BCUT2D eigenvalue weighted by atomic mass is 32.1. The van der Waals surface area contributed by atoms with Gasteiger partial charge in [-0.05, 0) is 42.8 Å². The Kier molecular flexibility index (Phi) is 7.07. The maximum absolute atomic E-state index is 15.8. The summed E-state index contributed by atoms with van der Waals surface area (Å²) in [6, 6.07) is 11.5. The molecule has 0 bridgehead atoms. The summed E-state index contributed by atoms with van der Waals surface area (Å²) in [6.07, 6.45) is 1.31. The molecule has 2 fully saturated rings. The van der Waals surface area contributed by atoms with E-state index in [4.69, 9.17) is 14.5 Å². The van der Waals surface area contributed by atoms with Crippen molar-refractivity contribution in [1.29, 1.82) is 5.26 Å².